The van der Waals surface area contributed by atoms with Gasteiger partial charge in [0.15, 0.2) is 6.61 Å². The molecule has 3 rings (SSSR count). The summed E-state index contributed by atoms with van der Waals surface area (Å²) in [4.78, 5) is 28.0. The normalized spacial score (nSPS) is 10.5. The molecule has 0 fully saturated rings. The first-order valence-corrected chi connectivity index (χ1v) is 9.66. The van der Waals surface area contributed by atoms with Crippen molar-refractivity contribution in [3.8, 4) is 11.5 Å². The first kappa shape index (κ1) is 19.6. The fraction of sp³-hybridized carbons (Fsp3) is 0.250. The molecule has 2 aromatic carbocycles. The lowest BCUT2D eigenvalue weighted by molar-refractivity contribution is -0.124. The van der Waals surface area contributed by atoms with Gasteiger partial charge < -0.3 is 19.5 Å². The second kappa shape index (κ2) is 9.70. The SMILES string of the molecule is CCOc1ccc(OCCNC(=O)COC(=O)c2ccc3ncsc3c2)cc1. The van der Waals surface area contributed by atoms with Gasteiger partial charge in [-0.2, -0.15) is 0 Å². The van der Waals surface area contributed by atoms with Crippen LogP contribution in [0.5, 0.6) is 11.5 Å². The third kappa shape index (κ3) is 5.43. The number of amides is 1. The minimum absolute atomic E-state index is 0.301. The number of benzene rings is 2. The van der Waals surface area contributed by atoms with Crippen LogP contribution in [0.4, 0.5) is 0 Å². The van der Waals surface area contributed by atoms with Gasteiger partial charge in [-0.05, 0) is 49.4 Å². The van der Waals surface area contributed by atoms with E-state index in [4.69, 9.17) is 14.2 Å². The van der Waals surface area contributed by atoms with Crippen LogP contribution in [0.1, 0.15) is 17.3 Å². The number of esters is 1. The monoisotopic (exact) mass is 400 g/mol. The number of carbonyl (C=O) groups is 2. The molecule has 146 valence electrons. The molecule has 0 aliphatic carbocycles. The number of fused-ring (bicyclic) bond motifs is 1. The summed E-state index contributed by atoms with van der Waals surface area (Å²) in [5, 5.41) is 2.64. The third-order valence-corrected chi connectivity index (χ3v) is 4.52. The zero-order chi connectivity index (χ0) is 19.8. The molecule has 8 heteroatoms. The van der Waals surface area contributed by atoms with Crippen LogP contribution in [-0.4, -0.2) is 43.2 Å². The van der Waals surface area contributed by atoms with Crippen molar-refractivity contribution >= 4 is 33.4 Å². The maximum Gasteiger partial charge on any atom is 0.338 e. The smallest absolute Gasteiger partial charge is 0.338 e. The van der Waals surface area contributed by atoms with Crippen molar-refractivity contribution in [2.24, 2.45) is 0 Å². The molecule has 0 aliphatic heterocycles. The van der Waals surface area contributed by atoms with Crippen molar-refractivity contribution in [3.63, 3.8) is 0 Å². The van der Waals surface area contributed by atoms with Crippen LogP contribution in [0, 0.1) is 0 Å². The third-order valence-electron chi connectivity index (χ3n) is 3.73. The van der Waals surface area contributed by atoms with E-state index in [1.807, 2.05) is 19.1 Å². The quantitative estimate of drug-likeness (QED) is 0.439. The average molecular weight is 400 g/mol. The number of nitrogens with zero attached hydrogens (tertiary/aromatic N) is 1. The van der Waals surface area contributed by atoms with Crippen LogP contribution in [0.3, 0.4) is 0 Å². The van der Waals surface area contributed by atoms with E-state index in [9.17, 15) is 9.59 Å². The molecule has 0 saturated heterocycles. The molecular formula is C20H20N2O5S. The molecular weight excluding hydrogens is 380 g/mol. The van der Waals surface area contributed by atoms with Crippen molar-refractivity contribution in [3.05, 3.63) is 53.5 Å². The summed E-state index contributed by atoms with van der Waals surface area (Å²) in [6, 6.07) is 12.3. The van der Waals surface area contributed by atoms with Gasteiger partial charge in [-0.1, -0.05) is 0 Å². The minimum atomic E-state index is -0.545. The number of hydrogen-bond donors (Lipinski definition) is 1. The number of ether oxygens (including phenoxy) is 3. The summed E-state index contributed by atoms with van der Waals surface area (Å²) in [5.41, 5.74) is 2.93. The molecule has 0 bridgehead atoms. The summed E-state index contributed by atoms with van der Waals surface area (Å²) < 4.78 is 16.8. The van der Waals surface area contributed by atoms with E-state index >= 15 is 0 Å². The molecule has 1 heterocycles. The summed E-state index contributed by atoms with van der Waals surface area (Å²) in [6.45, 7) is 2.79. The summed E-state index contributed by atoms with van der Waals surface area (Å²) in [7, 11) is 0. The standard InChI is InChI=1S/C20H20N2O5S/c1-2-25-15-4-6-16(7-5-15)26-10-9-21-19(23)12-27-20(24)14-3-8-17-18(11-14)28-13-22-17/h3-8,11,13H,2,9-10,12H2,1H3,(H,21,23). The van der Waals surface area contributed by atoms with Gasteiger partial charge in [-0.3, -0.25) is 4.79 Å². The number of carbonyl (C=O) groups excluding carboxylic acids is 2. The minimum Gasteiger partial charge on any atom is -0.494 e. The predicted molar refractivity (Wildman–Crippen MR) is 106 cm³/mol. The van der Waals surface area contributed by atoms with Gasteiger partial charge in [0.2, 0.25) is 0 Å². The van der Waals surface area contributed by atoms with Gasteiger partial charge in [0.25, 0.3) is 5.91 Å². The highest BCUT2D eigenvalue weighted by molar-refractivity contribution is 7.16. The van der Waals surface area contributed by atoms with Crippen molar-refractivity contribution in [1.82, 2.24) is 10.3 Å². The molecule has 0 radical (unpaired) electrons. The molecule has 1 aromatic heterocycles. The van der Waals surface area contributed by atoms with Gasteiger partial charge in [0, 0.05) is 0 Å². The molecule has 0 atom stereocenters. The zero-order valence-electron chi connectivity index (χ0n) is 15.3. The van der Waals surface area contributed by atoms with E-state index in [2.05, 4.69) is 10.3 Å². The molecule has 1 N–H and O–H groups in total. The Balaban J connectivity index is 1.35. The van der Waals surface area contributed by atoms with E-state index in [1.54, 1.807) is 35.8 Å². The number of nitrogens with one attached hydrogen (secondary N) is 1. The summed E-state index contributed by atoms with van der Waals surface area (Å²) in [5.74, 6) is 0.528. The van der Waals surface area contributed by atoms with Crippen LogP contribution in [0.25, 0.3) is 10.2 Å². The lowest BCUT2D eigenvalue weighted by Gasteiger charge is -2.09. The van der Waals surface area contributed by atoms with E-state index in [-0.39, 0.29) is 12.5 Å². The molecule has 0 aliphatic rings. The fourth-order valence-electron chi connectivity index (χ4n) is 2.41. The van der Waals surface area contributed by atoms with E-state index in [0.29, 0.717) is 31.1 Å². The Morgan fingerprint density at radius 2 is 1.82 bits per heavy atom. The average Bonchev–Trinajstić information content (AvgIpc) is 3.18. The first-order valence-electron chi connectivity index (χ1n) is 8.78. The highest BCUT2D eigenvalue weighted by Gasteiger charge is 2.11. The summed E-state index contributed by atoms with van der Waals surface area (Å²) in [6.07, 6.45) is 0. The fourth-order valence-corrected chi connectivity index (χ4v) is 3.12. The lowest BCUT2D eigenvalue weighted by atomic mass is 10.2. The molecule has 3 aromatic rings. The first-order chi connectivity index (χ1) is 13.7. The molecule has 7 nitrogen and oxygen atoms in total. The molecule has 0 unspecified atom stereocenters. The Kier molecular flexibility index (Phi) is 6.80. The number of hydrogen-bond acceptors (Lipinski definition) is 7. The van der Waals surface area contributed by atoms with Gasteiger partial charge in [-0.25, -0.2) is 9.78 Å². The molecule has 0 saturated carbocycles. The molecule has 1 amide bonds. The van der Waals surface area contributed by atoms with Gasteiger partial charge in [-0.15, -0.1) is 11.3 Å². The Morgan fingerprint density at radius 1 is 1.07 bits per heavy atom. The van der Waals surface area contributed by atoms with Crippen molar-refractivity contribution in [2.45, 2.75) is 6.92 Å². The van der Waals surface area contributed by atoms with E-state index < -0.39 is 5.97 Å². The van der Waals surface area contributed by atoms with E-state index in [1.165, 1.54) is 11.3 Å². The zero-order valence-corrected chi connectivity index (χ0v) is 16.2. The highest BCUT2D eigenvalue weighted by Crippen LogP contribution is 2.19. The van der Waals surface area contributed by atoms with Crippen LogP contribution < -0.4 is 14.8 Å². The number of thiazole rings is 1. The van der Waals surface area contributed by atoms with Crippen LogP contribution in [-0.2, 0) is 9.53 Å². The van der Waals surface area contributed by atoms with Crippen LogP contribution >= 0.6 is 11.3 Å². The second-order valence-electron chi connectivity index (χ2n) is 5.71. The maximum atomic E-state index is 12.1. The second-order valence-corrected chi connectivity index (χ2v) is 6.60. The van der Waals surface area contributed by atoms with Crippen molar-refractivity contribution in [2.75, 3.05) is 26.4 Å². The Labute approximate surface area is 166 Å². The largest absolute Gasteiger partial charge is 0.494 e. The topological polar surface area (TPSA) is 86.8 Å². The highest BCUT2D eigenvalue weighted by atomic mass is 32.1. The Morgan fingerprint density at radius 3 is 2.57 bits per heavy atom. The molecule has 28 heavy (non-hydrogen) atoms. The maximum absolute atomic E-state index is 12.1. The van der Waals surface area contributed by atoms with Crippen molar-refractivity contribution < 1.29 is 23.8 Å². The number of aromatic nitrogens is 1. The van der Waals surface area contributed by atoms with Gasteiger partial charge in [0.05, 0.1) is 34.4 Å². The van der Waals surface area contributed by atoms with Crippen molar-refractivity contribution in [1.29, 1.82) is 0 Å². The summed E-state index contributed by atoms with van der Waals surface area (Å²) >= 11 is 1.44. The lowest BCUT2D eigenvalue weighted by Crippen LogP contribution is -2.32. The van der Waals surface area contributed by atoms with Gasteiger partial charge in [0.1, 0.15) is 18.1 Å². The Hall–Kier alpha value is -3.13. The van der Waals surface area contributed by atoms with Gasteiger partial charge >= 0.3 is 5.97 Å². The van der Waals surface area contributed by atoms with E-state index in [0.717, 1.165) is 16.0 Å². The van der Waals surface area contributed by atoms with Crippen LogP contribution in [0.2, 0.25) is 0 Å². The molecule has 0 spiro atoms. The number of rotatable bonds is 9. The Bertz CT molecular complexity index is 939. The predicted octanol–water partition coefficient (Wildman–Crippen LogP) is 3.05. The van der Waals surface area contributed by atoms with Crippen LogP contribution in [0.15, 0.2) is 48.0 Å².